The van der Waals surface area contributed by atoms with Gasteiger partial charge in [0.15, 0.2) is 6.29 Å². The van der Waals surface area contributed by atoms with Gasteiger partial charge in [-0.3, -0.25) is 0 Å². The fourth-order valence-electron chi connectivity index (χ4n) is 1.99. The smallest absolute Gasteiger partial charge is 0.159 e. The molecule has 0 amide bonds. The van der Waals surface area contributed by atoms with Gasteiger partial charge in [0.05, 0.1) is 24.9 Å². The average Bonchev–Trinajstić information content (AvgIpc) is 2.51. The molecular formula is C16H26O5. The van der Waals surface area contributed by atoms with Gasteiger partial charge in [-0.1, -0.05) is 30.3 Å². The van der Waals surface area contributed by atoms with Gasteiger partial charge in [-0.05, 0) is 12.5 Å². The van der Waals surface area contributed by atoms with Crippen LogP contribution in [0.25, 0.3) is 0 Å². The Kier molecular flexibility index (Phi) is 8.49. The van der Waals surface area contributed by atoms with Crippen molar-refractivity contribution >= 4 is 0 Å². The summed E-state index contributed by atoms with van der Waals surface area (Å²) in [5.74, 6) is 0. The zero-order valence-electron chi connectivity index (χ0n) is 12.9. The van der Waals surface area contributed by atoms with Gasteiger partial charge in [0.2, 0.25) is 0 Å². The summed E-state index contributed by atoms with van der Waals surface area (Å²) in [5.41, 5.74) is 1.05. The molecule has 1 aromatic rings. The van der Waals surface area contributed by atoms with Gasteiger partial charge >= 0.3 is 0 Å². The van der Waals surface area contributed by atoms with Crippen LogP contribution in [0.1, 0.15) is 25.3 Å². The minimum Gasteiger partial charge on any atom is -0.393 e. The van der Waals surface area contributed by atoms with Crippen LogP contribution in [-0.4, -0.2) is 49.0 Å². The summed E-state index contributed by atoms with van der Waals surface area (Å²) < 4.78 is 15.7. The topological polar surface area (TPSA) is 68.2 Å². The van der Waals surface area contributed by atoms with Gasteiger partial charge in [-0.25, -0.2) is 0 Å². The summed E-state index contributed by atoms with van der Waals surface area (Å²) in [6.07, 6.45) is -1.73. The van der Waals surface area contributed by atoms with Crippen LogP contribution in [0.5, 0.6) is 0 Å². The van der Waals surface area contributed by atoms with E-state index in [0.29, 0.717) is 13.0 Å². The van der Waals surface area contributed by atoms with Crippen molar-refractivity contribution in [2.45, 2.75) is 51.0 Å². The van der Waals surface area contributed by atoms with E-state index in [9.17, 15) is 10.2 Å². The molecule has 1 rings (SSSR count). The molecule has 0 heterocycles. The average molecular weight is 298 g/mol. The number of ether oxygens (including phenoxy) is 3. The lowest BCUT2D eigenvalue weighted by atomic mass is 10.0. The maximum Gasteiger partial charge on any atom is 0.159 e. The number of hydrogen-bond donors (Lipinski definition) is 2. The van der Waals surface area contributed by atoms with Crippen LogP contribution in [0.15, 0.2) is 30.3 Å². The molecular weight excluding hydrogens is 272 g/mol. The van der Waals surface area contributed by atoms with E-state index in [-0.39, 0.29) is 12.5 Å². The van der Waals surface area contributed by atoms with E-state index in [0.717, 1.165) is 5.56 Å². The van der Waals surface area contributed by atoms with Crippen LogP contribution in [0.3, 0.4) is 0 Å². The molecule has 0 radical (unpaired) electrons. The molecule has 0 spiro atoms. The molecule has 0 aliphatic carbocycles. The molecule has 120 valence electrons. The van der Waals surface area contributed by atoms with Crippen molar-refractivity contribution in [2.24, 2.45) is 0 Å². The Balaban J connectivity index is 2.31. The van der Waals surface area contributed by atoms with E-state index in [2.05, 4.69) is 0 Å². The Morgan fingerprint density at radius 1 is 1.00 bits per heavy atom. The molecule has 5 nitrogen and oxygen atoms in total. The lowest BCUT2D eigenvalue weighted by molar-refractivity contribution is -0.129. The third-order valence-corrected chi connectivity index (χ3v) is 3.40. The quantitative estimate of drug-likeness (QED) is 0.644. The molecule has 0 aliphatic rings. The normalized spacial score (nSPS) is 15.9. The van der Waals surface area contributed by atoms with Crippen LogP contribution in [0.4, 0.5) is 0 Å². The van der Waals surface area contributed by atoms with E-state index >= 15 is 0 Å². The standard InChI is InChI=1S/C16H26O5/c1-12(21-11-13-7-5-4-6-8-13)15(18)9-14(17)10-16(19-2)20-3/h4-8,12,14-18H,9-11H2,1-3H3/t12-,14-,15-/m1/s1. The van der Waals surface area contributed by atoms with Crippen molar-refractivity contribution in [1.29, 1.82) is 0 Å². The minimum absolute atomic E-state index is 0.221. The molecule has 0 fully saturated rings. The summed E-state index contributed by atoms with van der Waals surface area (Å²) in [7, 11) is 3.03. The van der Waals surface area contributed by atoms with E-state index in [4.69, 9.17) is 14.2 Å². The highest BCUT2D eigenvalue weighted by Crippen LogP contribution is 2.13. The Labute approximate surface area is 126 Å². The molecule has 0 saturated heterocycles. The first-order valence-electron chi connectivity index (χ1n) is 7.14. The van der Waals surface area contributed by atoms with Crippen LogP contribution in [0, 0.1) is 0 Å². The predicted molar refractivity (Wildman–Crippen MR) is 79.7 cm³/mol. The van der Waals surface area contributed by atoms with E-state index in [1.54, 1.807) is 6.92 Å². The van der Waals surface area contributed by atoms with Gasteiger partial charge in [0.25, 0.3) is 0 Å². The molecule has 0 bridgehead atoms. The van der Waals surface area contributed by atoms with Gasteiger partial charge in [-0.2, -0.15) is 0 Å². The summed E-state index contributed by atoms with van der Waals surface area (Å²) in [6, 6.07) is 9.77. The van der Waals surface area contributed by atoms with Gasteiger partial charge in [-0.15, -0.1) is 0 Å². The monoisotopic (exact) mass is 298 g/mol. The maximum atomic E-state index is 10.1. The molecule has 0 aliphatic heterocycles. The zero-order valence-corrected chi connectivity index (χ0v) is 12.9. The predicted octanol–water partition coefficient (Wildman–Crippen LogP) is 1.71. The Morgan fingerprint density at radius 3 is 2.19 bits per heavy atom. The fourth-order valence-corrected chi connectivity index (χ4v) is 1.99. The first-order chi connectivity index (χ1) is 10.1. The van der Waals surface area contributed by atoms with Crippen LogP contribution < -0.4 is 0 Å². The lowest BCUT2D eigenvalue weighted by Gasteiger charge is -2.23. The van der Waals surface area contributed by atoms with Crippen molar-refractivity contribution in [3.8, 4) is 0 Å². The van der Waals surface area contributed by atoms with E-state index < -0.39 is 18.5 Å². The van der Waals surface area contributed by atoms with Crippen molar-refractivity contribution in [3.63, 3.8) is 0 Å². The highest BCUT2D eigenvalue weighted by molar-refractivity contribution is 5.13. The number of aliphatic hydroxyl groups excluding tert-OH is 2. The second kappa shape index (κ2) is 9.87. The number of rotatable bonds is 10. The third-order valence-electron chi connectivity index (χ3n) is 3.40. The molecule has 1 aromatic carbocycles. The lowest BCUT2D eigenvalue weighted by Crippen LogP contribution is -2.32. The van der Waals surface area contributed by atoms with Crippen molar-refractivity contribution in [3.05, 3.63) is 35.9 Å². The number of aliphatic hydroxyl groups is 2. The second-order valence-electron chi connectivity index (χ2n) is 5.10. The molecule has 0 unspecified atom stereocenters. The van der Waals surface area contributed by atoms with Crippen molar-refractivity contribution in [1.82, 2.24) is 0 Å². The van der Waals surface area contributed by atoms with Crippen LogP contribution >= 0.6 is 0 Å². The molecule has 3 atom stereocenters. The highest BCUT2D eigenvalue weighted by Gasteiger charge is 2.21. The van der Waals surface area contributed by atoms with Crippen LogP contribution in [0.2, 0.25) is 0 Å². The van der Waals surface area contributed by atoms with Gasteiger partial charge < -0.3 is 24.4 Å². The number of benzene rings is 1. The Morgan fingerprint density at radius 2 is 1.62 bits per heavy atom. The van der Waals surface area contributed by atoms with Gasteiger partial charge in [0.1, 0.15) is 0 Å². The Bertz CT molecular complexity index is 366. The van der Waals surface area contributed by atoms with E-state index in [1.807, 2.05) is 30.3 Å². The summed E-state index contributed by atoms with van der Waals surface area (Å²) >= 11 is 0. The fraction of sp³-hybridized carbons (Fsp3) is 0.625. The molecule has 2 N–H and O–H groups in total. The summed E-state index contributed by atoms with van der Waals surface area (Å²) in [5, 5.41) is 20.0. The van der Waals surface area contributed by atoms with Gasteiger partial charge in [0, 0.05) is 27.1 Å². The summed E-state index contributed by atoms with van der Waals surface area (Å²) in [6.45, 7) is 2.23. The first kappa shape index (κ1) is 18.1. The molecule has 5 heteroatoms. The molecule has 0 aromatic heterocycles. The third kappa shape index (κ3) is 7.02. The van der Waals surface area contributed by atoms with Crippen molar-refractivity contribution in [2.75, 3.05) is 14.2 Å². The number of methoxy groups -OCH3 is 2. The molecule has 21 heavy (non-hydrogen) atoms. The highest BCUT2D eigenvalue weighted by atomic mass is 16.7. The van der Waals surface area contributed by atoms with Crippen LogP contribution in [-0.2, 0) is 20.8 Å². The summed E-state index contributed by atoms with van der Waals surface area (Å²) in [4.78, 5) is 0. The SMILES string of the molecule is COC(C[C@H](O)C[C@@H](O)[C@@H](C)OCc1ccccc1)OC. The zero-order chi connectivity index (χ0) is 15.7. The second-order valence-corrected chi connectivity index (χ2v) is 5.10. The van der Waals surface area contributed by atoms with Crippen molar-refractivity contribution < 1.29 is 24.4 Å². The number of hydrogen-bond acceptors (Lipinski definition) is 5. The first-order valence-corrected chi connectivity index (χ1v) is 7.14. The largest absolute Gasteiger partial charge is 0.393 e. The van der Waals surface area contributed by atoms with E-state index in [1.165, 1.54) is 14.2 Å². The minimum atomic E-state index is -0.738. The molecule has 0 saturated carbocycles. The maximum absolute atomic E-state index is 10.1. The Hall–Kier alpha value is -0.980.